The lowest BCUT2D eigenvalue weighted by atomic mass is 10.0. The fourth-order valence-electron chi connectivity index (χ4n) is 3.06. The van der Waals surface area contributed by atoms with E-state index in [0.717, 1.165) is 11.3 Å². The van der Waals surface area contributed by atoms with Crippen LogP contribution in [0.1, 0.15) is 23.6 Å². The Labute approximate surface area is 192 Å². The Morgan fingerprint density at radius 1 is 0.970 bits per heavy atom. The van der Waals surface area contributed by atoms with Gasteiger partial charge in [0.05, 0.1) is 23.2 Å². The largest absolute Gasteiger partial charge is 0.490 e. The van der Waals surface area contributed by atoms with Crippen molar-refractivity contribution in [1.29, 1.82) is 5.26 Å². The molecule has 7 nitrogen and oxygen atoms in total. The summed E-state index contributed by atoms with van der Waals surface area (Å²) in [5, 5.41) is 20.4. The van der Waals surface area contributed by atoms with Crippen LogP contribution in [0.5, 0.6) is 17.2 Å². The molecule has 0 heterocycles. The average Bonchev–Trinajstić information content (AvgIpc) is 2.82. The average molecular weight is 444 g/mol. The number of nitro groups is 1. The molecule has 3 aromatic carbocycles. The van der Waals surface area contributed by atoms with Crippen molar-refractivity contribution in [3.8, 4) is 23.3 Å². The van der Waals surface area contributed by atoms with Crippen molar-refractivity contribution in [1.82, 2.24) is 0 Å². The highest BCUT2D eigenvalue weighted by Gasteiger charge is 2.10. The molecule has 0 spiro atoms. The minimum Gasteiger partial charge on any atom is -0.490 e. The number of nitro benzene ring substituents is 1. The monoisotopic (exact) mass is 444 g/mol. The zero-order chi connectivity index (χ0) is 23.6. The number of nitrogens with zero attached hydrogens (tertiary/aromatic N) is 2. The van der Waals surface area contributed by atoms with Gasteiger partial charge in [-0.3, -0.25) is 10.1 Å². The molecule has 0 aliphatic rings. The van der Waals surface area contributed by atoms with Crippen LogP contribution in [-0.4, -0.2) is 24.7 Å². The van der Waals surface area contributed by atoms with E-state index in [1.54, 1.807) is 30.3 Å². The lowest BCUT2D eigenvalue weighted by Crippen LogP contribution is -2.10. The topological polar surface area (TPSA) is 94.6 Å². The zero-order valence-corrected chi connectivity index (χ0v) is 18.5. The first-order chi connectivity index (χ1) is 16.0. The highest BCUT2D eigenvalue weighted by Crippen LogP contribution is 2.30. The molecule has 0 aromatic heterocycles. The Morgan fingerprint density at radius 3 is 2.30 bits per heavy atom. The minimum atomic E-state index is -0.474. The second-order valence-electron chi connectivity index (χ2n) is 7.12. The second-order valence-corrected chi connectivity index (χ2v) is 7.12. The van der Waals surface area contributed by atoms with Crippen LogP contribution in [0, 0.1) is 28.4 Å². The third-order valence-electron chi connectivity index (χ3n) is 4.72. The van der Waals surface area contributed by atoms with Crippen molar-refractivity contribution in [3.05, 3.63) is 93.5 Å². The van der Waals surface area contributed by atoms with E-state index in [-0.39, 0.29) is 5.69 Å². The van der Waals surface area contributed by atoms with Gasteiger partial charge in [-0.2, -0.15) is 5.26 Å². The van der Waals surface area contributed by atoms with Gasteiger partial charge in [-0.25, -0.2) is 0 Å². The van der Waals surface area contributed by atoms with E-state index in [1.807, 2.05) is 44.2 Å². The van der Waals surface area contributed by atoms with Gasteiger partial charge in [-0.15, -0.1) is 0 Å². The Morgan fingerprint density at radius 2 is 1.67 bits per heavy atom. The molecule has 0 saturated carbocycles. The third-order valence-corrected chi connectivity index (χ3v) is 4.72. The predicted molar refractivity (Wildman–Crippen MR) is 126 cm³/mol. The number of non-ortho nitro benzene ring substituents is 1. The summed E-state index contributed by atoms with van der Waals surface area (Å²) in [6.07, 6.45) is 1.70. The number of hydrogen-bond donors (Lipinski definition) is 0. The van der Waals surface area contributed by atoms with Crippen LogP contribution >= 0.6 is 0 Å². The summed E-state index contributed by atoms with van der Waals surface area (Å²) in [5.74, 6) is 1.92. The molecule has 0 amide bonds. The molecule has 0 bridgehead atoms. The summed E-state index contributed by atoms with van der Waals surface area (Å²) in [4.78, 5) is 10.4. The van der Waals surface area contributed by atoms with Gasteiger partial charge in [0.15, 0.2) is 11.5 Å². The Kier molecular flexibility index (Phi) is 8.03. The van der Waals surface area contributed by atoms with Gasteiger partial charge < -0.3 is 14.2 Å². The number of ether oxygens (including phenoxy) is 3. The molecule has 0 aliphatic carbocycles. The molecule has 0 aliphatic heterocycles. The van der Waals surface area contributed by atoms with Crippen LogP contribution in [0.25, 0.3) is 11.6 Å². The predicted octanol–water partition coefficient (Wildman–Crippen LogP) is 5.82. The lowest BCUT2D eigenvalue weighted by Gasteiger charge is -2.13. The zero-order valence-electron chi connectivity index (χ0n) is 18.5. The smallest absolute Gasteiger partial charge is 0.269 e. The second kappa shape index (κ2) is 11.3. The molecule has 0 unspecified atom stereocenters. The van der Waals surface area contributed by atoms with Gasteiger partial charge in [0.25, 0.3) is 5.69 Å². The van der Waals surface area contributed by atoms with E-state index >= 15 is 0 Å². The summed E-state index contributed by atoms with van der Waals surface area (Å²) < 4.78 is 17.3. The molecule has 0 saturated heterocycles. The highest BCUT2D eigenvalue weighted by molar-refractivity contribution is 5.90. The number of hydrogen-bond acceptors (Lipinski definition) is 6. The molecule has 33 heavy (non-hydrogen) atoms. The molecule has 0 atom stereocenters. The fourth-order valence-corrected chi connectivity index (χ4v) is 3.06. The normalized spacial score (nSPS) is 10.9. The molecule has 0 fully saturated rings. The maximum Gasteiger partial charge on any atom is 0.269 e. The van der Waals surface area contributed by atoms with Crippen molar-refractivity contribution >= 4 is 17.3 Å². The fraction of sp³-hybridized carbons (Fsp3) is 0.192. The van der Waals surface area contributed by atoms with Crippen molar-refractivity contribution in [2.24, 2.45) is 0 Å². The highest BCUT2D eigenvalue weighted by atomic mass is 16.6. The molecule has 3 aromatic rings. The quantitative estimate of drug-likeness (QED) is 0.128. The van der Waals surface area contributed by atoms with Crippen molar-refractivity contribution in [3.63, 3.8) is 0 Å². The standard InChI is InChI=1S/C26H24N2O5/c1-3-31-26-17-20(16-22(18-27)21-7-9-23(10-8-21)28(29)30)6-13-25(26)33-15-14-32-24-11-4-19(2)5-12-24/h4-13,16-17H,3,14-15H2,1-2H3/b22-16+. The van der Waals surface area contributed by atoms with Gasteiger partial charge in [-0.05, 0) is 67.4 Å². The SMILES string of the molecule is CCOc1cc(/C=C(\C#N)c2ccc([N+](=O)[O-])cc2)ccc1OCCOc1ccc(C)cc1. The molecule has 168 valence electrons. The third kappa shape index (κ3) is 6.58. The van der Waals surface area contributed by atoms with Crippen LogP contribution in [0.4, 0.5) is 5.69 Å². The van der Waals surface area contributed by atoms with E-state index in [1.165, 1.54) is 17.7 Å². The van der Waals surface area contributed by atoms with Crippen molar-refractivity contribution in [2.45, 2.75) is 13.8 Å². The maximum atomic E-state index is 10.8. The summed E-state index contributed by atoms with van der Waals surface area (Å²) in [7, 11) is 0. The van der Waals surface area contributed by atoms with E-state index in [0.29, 0.717) is 42.5 Å². The summed E-state index contributed by atoms with van der Waals surface area (Å²) >= 11 is 0. The number of allylic oxidation sites excluding steroid dienone is 1. The van der Waals surface area contributed by atoms with Gasteiger partial charge in [0.2, 0.25) is 0 Å². The minimum absolute atomic E-state index is 0.0254. The maximum absolute atomic E-state index is 10.8. The van der Waals surface area contributed by atoms with Crippen molar-refractivity contribution < 1.29 is 19.1 Å². The van der Waals surface area contributed by atoms with Crippen molar-refractivity contribution in [2.75, 3.05) is 19.8 Å². The van der Waals surface area contributed by atoms with Crippen LogP contribution in [0.2, 0.25) is 0 Å². The Bertz CT molecular complexity index is 1160. The molecular weight excluding hydrogens is 420 g/mol. The number of aryl methyl sites for hydroxylation is 1. The molecule has 0 radical (unpaired) electrons. The number of rotatable bonds is 10. The molecule has 0 N–H and O–H groups in total. The summed E-state index contributed by atoms with van der Waals surface area (Å²) in [5.41, 5.74) is 2.86. The lowest BCUT2D eigenvalue weighted by molar-refractivity contribution is -0.384. The Balaban J connectivity index is 1.70. The first-order valence-corrected chi connectivity index (χ1v) is 10.5. The first-order valence-electron chi connectivity index (χ1n) is 10.5. The summed E-state index contributed by atoms with van der Waals surface area (Å²) in [6, 6.07) is 21.2. The van der Waals surface area contributed by atoms with Gasteiger partial charge >= 0.3 is 0 Å². The van der Waals surface area contributed by atoms with E-state index in [9.17, 15) is 15.4 Å². The van der Waals surface area contributed by atoms with E-state index in [4.69, 9.17) is 14.2 Å². The number of benzene rings is 3. The Hall–Kier alpha value is -4.31. The molecule has 3 rings (SSSR count). The van der Waals surface area contributed by atoms with E-state index in [2.05, 4.69) is 6.07 Å². The van der Waals surface area contributed by atoms with Gasteiger partial charge in [0, 0.05) is 12.1 Å². The van der Waals surface area contributed by atoms with Crippen LogP contribution in [-0.2, 0) is 0 Å². The van der Waals surface area contributed by atoms with Gasteiger partial charge in [-0.1, -0.05) is 23.8 Å². The summed E-state index contributed by atoms with van der Waals surface area (Å²) in [6.45, 7) is 5.08. The molecular formula is C26H24N2O5. The number of nitriles is 1. The van der Waals surface area contributed by atoms with Crippen LogP contribution in [0.3, 0.4) is 0 Å². The molecule has 7 heteroatoms. The first kappa shape index (κ1) is 23.4. The van der Waals surface area contributed by atoms with Gasteiger partial charge in [0.1, 0.15) is 19.0 Å². The van der Waals surface area contributed by atoms with Crippen LogP contribution in [0.15, 0.2) is 66.7 Å². The van der Waals surface area contributed by atoms with Crippen LogP contribution < -0.4 is 14.2 Å². The van der Waals surface area contributed by atoms with E-state index < -0.39 is 4.92 Å².